The average Bonchev–Trinajstić information content (AvgIpc) is 2.40. The normalized spacial score (nSPS) is 11.2. The number of benzene rings is 2. The standard InChI is InChI=1S/C14H13ClFNO3S/c1-9-3-6-14(11(15)7-9)21(18,19)17-12-5-4-10(16)8-13(12)20-2/h3-8,17H,1-2H3. The van der Waals surface area contributed by atoms with Gasteiger partial charge in [-0.3, -0.25) is 4.72 Å². The van der Waals surface area contributed by atoms with E-state index in [0.29, 0.717) is 0 Å². The van der Waals surface area contributed by atoms with E-state index in [1.807, 2.05) is 0 Å². The van der Waals surface area contributed by atoms with Gasteiger partial charge in [0.2, 0.25) is 0 Å². The van der Waals surface area contributed by atoms with Crippen molar-refractivity contribution in [2.75, 3.05) is 11.8 Å². The molecule has 0 aromatic heterocycles. The van der Waals surface area contributed by atoms with Crippen LogP contribution in [0.3, 0.4) is 0 Å². The Bertz CT molecular complexity index is 778. The lowest BCUT2D eigenvalue weighted by molar-refractivity contribution is 0.413. The van der Waals surface area contributed by atoms with Gasteiger partial charge in [-0.05, 0) is 36.8 Å². The second kappa shape index (κ2) is 5.91. The number of hydrogen-bond acceptors (Lipinski definition) is 3. The number of halogens is 2. The fourth-order valence-corrected chi connectivity index (χ4v) is 3.44. The summed E-state index contributed by atoms with van der Waals surface area (Å²) >= 11 is 5.97. The van der Waals surface area contributed by atoms with E-state index in [9.17, 15) is 12.8 Å². The lowest BCUT2D eigenvalue weighted by Crippen LogP contribution is -2.14. The highest BCUT2D eigenvalue weighted by Crippen LogP contribution is 2.29. The summed E-state index contributed by atoms with van der Waals surface area (Å²) in [6.07, 6.45) is 0. The monoisotopic (exact) mass is 329 g/mol. The lowest BCUT2D eigenvalue weighted by Gasteiger charge is -2.13. The zero-order chi connectivity index (χ0) is 15.6. The van der Waals surface area contributed by atoms with Crippen LogP contribution in [0.15, 0.2) is 41.3 Å². The highest BCUT2D eigenvalue weighted by atomic mass is 35.5. The first-order chi connectivity index (χ1) is 9.83. The summed E-state index contributed by atoms with van der Waals surface area (Å²) in [5, 5.41) is 0.114. The molecule has 0 aliphatic heterocycles. The summed E-state index contributed by atoms with van der Waals surface area (Å²) in [5.41, 5.74) is 0.980. The minimum atomic E-state index is -3.89. The first-order valence-electron chi connectivity index (χ1n) is 5.96. The zero-order valence-corrected chi connectivity index (χ0v) is 12.9. The van der Waals surface area contributed by atoms with Crippen molar-refractivity contribution < 1.29 is 17.5 Å². The fourth-order valence-electron chi connectivity index (χ4n) is 1.77. The van der Waals surface area contributed by atoms with Crippen molar-refractivity contribution in [2.24, 2.45) is 0 Å². The van der Waals surface area contributed by atoms with Crippen LogP contribution in [0.1, 0.15) is 5.56 Å². The van der Waals surface area contributed by atoms with Crippen molar-refractivity contribution >= 4 is 27.3 Å². The van der Waals surface area contributed by atoms with Gasteiger partial charge in [0.25, 0.3) is 10.0 Å². The third kappa shape index (κ3) is 3.46. The van der Waals surface area contributed by atoms with Crippen molar-refractivity contribution in [3.8, 4) is 5.75 Å². The third-order valence-corrected chi connectivity index (χ3v) is 4.63. The second-order valence-electron chi connectivity index (χ2n) is 4.38. The summed E-state index contributed by atoms with van der Waals surface area (Å²) in [6.45, 7) is 1.80. The third-order valence-electron chi connectivity index (χ3n) is 2.78. The molecule has 2 aromatic rings. The Morgan fingerprint density at radius 3 is 2.52 bits per heavy atom. The van der Waals surface area contributed by atoms with E-state index in [2.05, 4.69) is 4.72 Å². The molecule has 0 saturated carbocycles. The van der Waals surface area contributed by atoms with Gasteiger partial charge in [-0.1, -0.05) is 17.7 Å². The number of sulfonamides is 1. The number of aryl methyl sites for hydroxylation is 1. The van der Waals surface area contributed by atoms with Gasteiger partial charge in [0.05, 0.1) is 17.8 Å². The molecule has 0 radical (unpaired) electrons. The van der Waals surface area contributed by atoms with Crippen molar-refractivity contribution in [1.29, 1.82) is 0 Å². The van der Waals surface area contributed by atoms with Gasteiger partial charge < -0.3 is 4.74 Å². The van der Waals surface area contributed by atoms with Gasteiger partial charge in [-0.2, -0.15) is 0 Å². The Labute approximate surface area is 127 Å². The minimum absolute atomic E-state index is 0.0545. The van der Waals surface area contributed by atoms with Crippen LogP contribution in [0.4, 0.5) is 10.1 Å². The van der Waals surface area contributed by atoms with Crippen LogP contribution in [0.25, 0.3) is 0 Å². The van der Waals surface area contributed by atoms with E-state index in [1.54, 1.807) is 19.1 Å². The molecule has 0 heterocycles. The van der Waals surface area contributed by atoms with Crippen LogP contribution in [-0.2, 0) is 10.0 Å². The summed E-state index contributed by atoms with van der Waals surface area (Å²) < 4.78 is 45.1. The molecule has 0 spiro atoms. The maximum Gasteiger partial charge on any atom is 0.263 e. The smallest absolute Gasteiger partial charge is 0.263 e. The molecule has 0 amide bonds. The zero-order valence-electron chi connectivity index (χ0n) is 11.4. The number of ether oxygens (including phenoxy) is 1. The SMILES string of the molecule is COc1cc(F)ccc1NS(=O)(=O)c1ccc(C)cc1Cl. The highest BCUT2D eigenvalue weighted by Gasteiger charge is 2.20. The molecule has 2 aromatic carbocycles. The van der Waals surface area contributed by atoms with E-state index in [1.165, 1.54) is 19.2 Å². The predicted molar refractivity (Wildman–Crippen MR) is 79.9 cm³/mol. The number of methoxy groups -OCH3 is 1. The second-order valence-corrected chi connectivity index (χ2v) is 6.44. The number of nitrogens with one attached hydrogen (secondary N) is 1. The van der Waals surface area contributed by atoms with Gasteiger partial charge in [-0.15, -0.1) is 0 Å². The molecule has 0 saturated heterocycles. The Hall–Kier alpha value is -1.79. The summed E-state index contributed by atoms with van der Waals surface area (Å²) in [7, 11) is -2.57. The van der Waals surface area contributed by atoms with Gasteiger partial charge in [0.15, 0.2) is 0 Å². The Morgan fingerprint density at radius 2 is 1.90 bits per heavy atom. The van der Waals surface area contributed by atoms with E-state index < -0.39 is 15.8 Å². The Morgan fingerprint density at radius 1 is 1.19 bits per heavy atom. The quantitative estimate of drug-likeness (QED) is 0.932. The number of rotatable bonds is 4. The van der Waals surface area contributed by atoms with Crippen molar-refractivity contribution in [1.82, 2.24) is 0 Å². The van der Waals surface area contributed by atoms with Crippen molar-refractivity contribution in [3.63, 3.8) is 0 Å². The Kier molecular flexibility index (Phi) is 4.39. The average molecular weight is 330 g/mol. The van der Waals surface area contributed by atoms with Crippen LogP contribution in [0.2, 0.25) is 5.02 Å². The largest absolute Gasteiger partial charge is 0.494 e. The molecule has 2 rings (SSSR count). The van der Waals surface area contributed by atoms with E-state index >= 15 is 0 Å². The van der Waals surface area contributed by atoms with E-state index in [-0.39, 0.29) is 21.4 Å². The molecule has 7 heteroatoms. The van der Waals surface area contributed by atoms with Gasteiger partial charge in [0.1, 0.15) is 16.5 Å². The number of hydrogen-bond donors (Lipinski definition) is 1. The Balaban J connectivity index is 2.42. The molecule has 0 fully saturated rings. The predicted octanol–water partition coefficient (Wildman–Crippen LogP) is 3.60. The summed E-state index contributed by atoms with van der Waals surface area (Å²) in [5.74, 6) is -0.440. The van der Waals surface area contributed by atoms with Crippen LogP contribution in [0, 0.1) is 12.7 Å². The number of anilines is 1. The molecule has 4 nitrogen and oxygen atoms in total. The topological polar surface area (TPSA) is 55.4 Å². The molecule has 112 valence electrons. The maximum absolute atomic E-state index is 13.1. The first-order valence-corrected chi connectivity index (χ1v) is 7.82. The summed E-state index contributed by atoms with van der Waals surface area (Å²) in [6, 6.07) is 8.12. The fraction of sp³-hybridized carbons (Fsp3) is 0.143. The highest BCUT2D eigenvalue weighted by molar-refractivity contribution is 7.92. The van der Waals surface area contributed by atoms with Gasteiger partial charge >= 0.3 is 0 Å². The molecular formula is C14H13ClFNO3S. The molecule has 21 heavy (non-hydrogen) atoms. The van der Waals surface area contributed by atoms with Crippen LogP contribution < -0.4 is 9.46 Å². The lowest BCUT2D eigenvalue weighted by atomic mass is 10.2. The maximum atomic E-state index is 13.1. The molecule has 0 aliphatic rings. The van der Waals surface area contributed by atoms with Crippen LogP contribution >= 0.6 is 11.6 Å². The van der Waals surface area contributed by atoms with Crippen molar-refractivity contribution in [2.45, 2.75) is 11.8 Å². The molecule has 0 aliphatic carbocycles. The minimum Gasteiger partial charge on any atom is -0.494 e. The molecule has 1 N–H and O–H groups in total. The van der Waals surface area contributed by atoms with E-state index in [4.69, 9.17) is 16.3 Å². The first kappa shape index (κ1) is 15.6. The summed E-state index contributed by atoms with van der Waals surface area (Å²) in [4.78, 5) is -0.0545. The van der Waals surface area contributed by atoms with Crippen LogP contribution in [0.5, 0.6) is 5.75 Å². The van der Waals surface area contributed by atoms with Crippen LogP contribution in [-0.4, -0.2) is 15.5 Å². The molecular weight excluding hydrogens is 317 g/mol. The van der Waals surface area contributed by atoms with Crippen molar-refractivity contribution in [3.05, 3.63) is 52.8 Å². The van der Waals surface area contributed by atoms with E-state index in [0.717, 1.165) is 17.7 Å². The molecule has 0 unspecified atom stereocenters. The van der Waals surface area contributed by atoms with Gasteiger partial charge in [0, 0.05) is 6.07 Å². The van der Waals surface area contributed by atoms with Gasteiger partial charge in [-0.25, -0.2) is 12.8 Å². The molecule has 0 bridgehead atoms. The molecule has 0 atom stereocenters.